The van der Waals surface area contributed by atoms with Crippen molar-refractivity contribution >= 4 is 85.0 Å². The average molecular weight is 841 g/mol. The van der Waals surface area contributed by atoms with Crippen molar-refractivity contribution in [3.8, 4) is 62.5 Å². The molecule has 0 spiro atoms. The minimum absolute atomic E-state index is 0.554. The number of fused-ring (bicyclic) bond motifs is 10. The summed E-state index contributed by atoms with van der Waals surface area (Å²) >= 11 is 3.57. The standard InChI is InChI=1S/C55H32N6S2/c1-4-16-33(17-5-1)48-51-49(40-24-12-15-27-45(40)63-51)57-54(56-48)36-28-30-43(41(32-36)55-59-52(34-18-6-2-7-19-34)58-53(60-55)35-20-8-3-9-21-35)61-42-25-13-10-22-37(42)38-29-31-46-47(50(38)61)39-23-11-14-26-44(39)62-46/h1-32H. The van der Waals surface area contributed by atoms with Crippen LogP contribution in [0, 0.1) is 0 Å². The van der Waals surface area contributed by atoms with Crippen LogP contribution in [0.2, 0.25) is 0 Å². The third-order valence-electron chi connectivity index (χ3n) is 11.9. The lowest BCUT2D eigenvalue weighted by Gasteiger charge is -2.17. The van der Waals surface area contributed by atoms with Gasteiger partial charge in [-0.25, -0.2) is 24.9 Å². The van der Waals surface area contributed by atoms with Crippen LogP contribution in [-0.4, -0.2) is 29.5 Å². The molecule has 6 nitrogen and oxygen atoms in total. The quantitative estimate of drug-likeness (QED) is 0.167. The maximum Gasteiger partial charge on any atom is 0.166 e. The number of benzene rings is 8. The number of hydrogen-bond donors (Lipinski definition) is 0. The summed E-state index contributed by atoms with van der Waals surface area (Å²) in [4.78, 5) is 26.6. The van der Waals surface area contributed by atoms with Crippen molar-refractivity contribution in [3.63, 3.8) is 0 Å². The van der Waals surface area contributed by atoms with E-state index in [1.54, 1.807) is 11.3 Å². The second-order valence-corrected chi connectivity index (χ2v) is 17.7. The molecule has 5 aromatic heterocycles. The monoisotopic (exact) mass is 840 g/mol. The molecule has 0 atom stereocenters. The summed E-state index contributed by atoms with van der Waals surface area (Å²) in [5, 5.41) is 5.95. The lowest BCUT2D eigenvalue weighted by atomic mass is 10.0. The van der Waals surface area contributed by atoms with Gasteiger partial charge < -0.3 is 4.57 Å². The van der Waals surface area contributed by atoms with Crippen LogP contribution >= 0.6 is 22.7 Å². The summed E-state index contributed by atoms with van der Waals surface area (Å²) < 4.78 is 7.16. The van der Waals surface area contributed by atoms with E-state index >= 15 is 0 Å². The molecule has 13 aromatic rings. The van der Waals surface area contributed by atoms with Gasteiger partial charge in [-0.2, -0.15) is 0 Å². The van der Waals surface area contributed by atoms with Crippen LogP contribution in [0.3, 0.4) is 0 Å². The van der Waals surface area contributed by atoms with Gasteiger partial charge in [0, 0.05) is 68.8 Å². The summed E-state index contributed by atoms with van der Waals surface area (Å²) in [6, 6.07) is 67.8. The van der Waals surface area contributed by atoms with Crippen LogP contribution in [0.4, 0.5) is 0 Å². The van der Waals surface area contributed by atoms with Crippen LogP contribution in [0.25, 0.3) is 125 Å². The lowest BCUT2D eigenvalue weighted by Crippen LogP contribution is -2.04. The fraction of sp³-hybridized carbons (Fsp3) is 0. The first kappa shape index (κ1) is 35.8. The lowest BCUT2D eigenvalue weighted by molar-refractivity contribution is 1.06. The van der Waals surface area contributed by atoms with Crippen LogP contribution in [0.1, 0.15) is 0 Å². The van der Waals surface area contributed by atoms with E-state index in [0.717, 1.165) is 65.8 Å². The molecule has 8 aromatic carbocycles. The highest BCUT2D eigenvalue weighted by Crippen LogP contribution is 2.45. The molecule has 5 heterocycles. The largest absolute Gasteiger partial charge is 0.308 e. The van der Waals surface area contributed by atoms with Gasteiger partial charge >= 0.3 is 0 Å². The molecule has 0 aliphatic rings. The van der Waals surface area contributed by atoms with Gasteiger partial charge in [0.15, 0.2) is 23.3 Å². The van der Waals surface area contributed by atoms with E-state index in [0.29, 0.717) is 23.3 Å². The Bertz CT molecular complexity index is 3850. The van der Waals surface area contributed by atoms with Crippen molar-refractivity contribution in [2.45, 2.75) is 0 Å². The number of rotatable bonds is 6. The molecule has 8 heteroatoms. The summed E-state index contributed by atoms with van der Waals surface area (Å²) in [5.74, 6) is 2.38. The highest BCUT2D eigenvalue weighted by Gasteiger charge is 2.24. The first-order valence-electron chi connectivity index (χ1n) is 20.8. The average Bonchev–Trinajstić information content (AvgIpc) is 4.04. The van der Waals surface area contributed by atoms with E-state index in [2.05, 4.69) is 156 Å². The molecule has 0 saturated heterocycles. The number of aromatic nitrogens is 6. The zero-order valence-corrected chi connectivity index (χ0v) is 35.1. The van der Waals surface area contributed by atoms with E-state index in [9.17, 15) is 0 Å². The molecule has 0 saturated carbocycles. The Morgan fingerprint density at radius 1 is 0.365 bits per heavy atom. The second-order valence-electron chi connectivity index (χ2n) is 15.6. The summed E-state index contributed by atoms with van der Waals surface area (Å²) in [6.07, 6.45) is 0. The molecule has 0 aliphatic carbocycles. The fourth-order valence-electron chi connectivity index (χ4n) is 9.01. The van der Waals surface area contributed by atoms with Crippen molar-refractivity contribution < 1.29 is 0 Å². The summed E-state index contributed by atoms with van der Waals surface area (Å²) in [7, 11) is 0. The Morgan fingerprint density at radius 3 is 1.65 bits per heavy atom. The third-order valence-corrected chi connectivity index (χ3v) is 14.2. The molecule has 13 rings (SSSR count). The fourth-order valence-corrected chi connectivity index (χ4v) is 11.3. The van der Waals surface area contributed by atoms with Crippen LogP contribution < -0.4 is 0 Å². The maximum absolute atomic E-state index is 5.40. The molecule has 0 N–H and O–H groups in total. The topological polar surface area (TPSA) is 69.4 Å². The van der Waals surface area contributed by atoms with Crippen molar-refractivity contribution in [1.82, 2.24) is 29.5 Å². The first-order chi connectivity index (χ1) is 31.2. The van der Waals surface area contributed by atoms with Gasteiger partial charge in [-0.15, -0.1) is 22.7 Å². The van der Waals surface area contributed by atoms with Gasteiger partial charge in [0.05, 0.1) is 32.6 Å². The molecular formula is C55H32N6S2. The van der Waals surface area contributed by atoms with Gasteiger partial charge in [-0.05, 0) is 42.5 Å². The smallest absolute Gasteiger partial charge is 0.166 e. The second kappa shape index (κ2) is 14.3. The van der Waals surface area contributed by atoms with Gasteiger partial charge in [-0.1, -0.05) is 152 Å². The highest BCUT2D eigenvalue weighted by atomic mass is 32.1. The Labute approximate surface area is 369 Å². The minimum Gasteiger partial charge on any atom is -0.308 e. The van der Waals surface area contributed by atoms with Crippen LogP contribution in [0.5, 0.6) is 0 Å². The normalized spacial score (nSPS) is 11.8. The predicted octanol–water partition coefficient (Wildman–Crippen LogP) is 14.8. The third kappa shape index (κ3) is 5.80. The maximum atomic E-state index is 5.40. The van der Waals surface area contributed by atoms with E-state index in [-0.39, 0.29) is 0 Å². The summed E-state index contributed by atoms with van der Waals surface area (Å²) in [6.45, 7) is 0. The Hall–Kier alpha value is -7.91. The van der Waals surface area contributed by atoms with Crippen molar-refractivity contribution in [3.05, 3.63) is 194 Å². The zero-order chi connectivity index (χ0) is 41.4. The van der Waals surface area contributed by atoms with Crippen LogP contribution in [-0.2, 0) is 0 Å². The Morgan fingerprint density at radius 2 is 0.937 bits per heavy atom. The van der Waals surface area contributed by atoms with Crippen molar-refractivity contribution in [2.24, 2.45) is 0 Å². The molecule has 63 heavy (non-hydrogen) atoms. The molecule has 0 radical (unpaired) electrons. The Kier molecular flexibility index (Phi) is 8.15. The molecule has 0 fully saturated rings. The number of para-hydroxylation sites is 1. The molecule has 0 bridgehead atoms. The van der Waals surface area contributed by atoms with Crippen molar-refractivity contribution in [2.75, 3.05) is 0 Å². The van der Waals surface area contributed by atoms with Crippen molar-refractivity contribution in [1.29, 1.82) is 0 Å². The SMILES string of the molecule is c1ccc(-c2nc(-c3ccccc3)nc(-c3cc(-c4nc(-c5ccccc5)c5sc6ccccc6c5n4)ccc3-n3c4ccccc4c4ccc5sc6ccccc6c5c43)n2)cc1. The number of nitrogens with zero attached hydrogens (tertiary/aromatic N) is 6. The predicted molar refractivity (Wildman–Crippen MR) is 263 cm³/mol. The zero-order valence-electron chi connectivity index (χ0n) is 33.5. The molecular weight excluding hydrogens is 809 g/mol. The Balaban J connectivity index is 1.15. The van der Waals surface area contributed by atoms with Gasteiger partial charge in [0.1, 0.15) is 0 Å². The number of thiophene rings is 2. The molecule has 0 unspecified atom stereocenters. The number of hydrogen-bond acceptors (Lipinski definition) is 7. The van der Waals surface area contributed by atoms with Gasteiger partial charge in [0.25, 0.3) is 0 Å². The summed E-state index contributed by atoms with van der Waals surface area (Å²) in [5.41, 5.74) is 9.60. The molecule has 0 aliphatic heterocycles. The van der Waals surface area contributed by atoms with Gasteiger partial charge in [-0.3, -0.25) is 0 Å². The van der Waals surface area contributed by atoms with E-state index in [4.69, 9.17) is 24.9 Å². The van der Waals surface area contributed by atoms with Crippen LogP contribution in [0.15, 0.2) is 194 Å². The molecule has 294 valence electrons. The highest BCUT2D eigenvalue weighted by molar-refractivity contribution is 7.26. The van der Waals surface area contributed by atoms with E-state index in [1.165, 1.54) is 35.6 Å². The van der Waals surface area contributed by atoms with E-state index < -0.39 is 0 Å². The first-order valence-corrected chi connectivity index (χ1v) is 22.5. The van der Waals surface area contributed by atoms with E-state index in [1.807, 2.05) is 53.8 Å². The molecule has 0 amide bonds. The minimum atomic E-state index is 0.554. The van der Waals surface area contributed by atoms with Gasteiger partial charge in [0.2, 0.25) is 0 Å².